The highest BCUT2D eigenvalue weighted by Gasteiger charge is 2.06. The predicted molar refractivity (Wildman–Crippen MR) is 67.1 cm³/mol. The first-order valence-electron chi connectivity index (χ1n) is 5.43. The van der Waals surface area contributed by atoms with Crippen LogP contribution in [-0.4, -0.2) is 26.8 Å². The molecule has 0 aliphatic rings. The molecule has 1 atom stereocenters. The van der Waals surface area contributed by atoms with E-state index < -0.39 is 0 Å². The lowest BCUT2D eigenvalue weighted by molar-refractivity contribution is 0.628. The zero-order valence-electron chi connectivity index (χ0n) is 9.81. The van der Waals surface area contributed by atoms with Crippen LogP contribution in [0.5, 0.6) is 0 Å². The van der Waals surface area contributed by atoms with Gasteiger partial charge in [0.1, 0.15) is 0 Å². The normalized spacial score (nSPS) is 13.4. The summed E-state index contributed by atoms with van der Waals surface area (Å²) in [7, 11) is 1.98. The molecule has 1 heterocycles. The first-order valence-corrected chi connectivity index (χ1v) is 6.48. The Bertz CT molecular complexity index is 283. The highest BCUT2D eigenvalue weighted by Crippen LogP contribution is 2.12. The fourth-order valence-corrected chi connectivity index (χ4v) is 2.18. The van der Waals surface area contributed by atoms with Crippen molar-refractivity contribution in [2.24, 2.45) is 12.8 Å². The highest BCUT2D eigenvalue weighted by molar-refractivity contribution is 7.99. The number of aromatic nitrogens is 2. The molecule has 4 heteroatoms. The van der Waals surface area contributed by atoms with Gasteiger partial charge in [0.05, 0.1) is 0 Å². The summed E-state index contributed by atoms with van der Waals surface area (Å²) in [5, 5.41) is 4.81. The van der Waals surface area contributed by atoms with Crippen molar-refractivity contribution in [2.75, 3.05) is 5.75 Å². The second-order valence-corrected chi connectivity index (χ2v) is 5.74. The molecule has 0 amide bonds. The van der Waals surface area contributed by atoms with Crippen LogP contribution in [0.25, 0.3) is 0 Å². The van der Waals surface area contributed by atoms with Crippen molar-refractivity contribution in [3.63, 3.8) is 0 Å². The number of rotatable bonds is 6. The summed E-state index contributed by atoms with van der Waals surface area (Å²) in [5.41, 5.74) is 7.30. The third-order valence-corrected chi connectivity index (χ3v) is 3.62. The van der Waals surface area contributed by atoms with E-state index in [2.05, 4.69) is 25.0 Å². The number of hydrogen-bond donors (Lipinski definition) is 1. The van der Waals surface area contributed by atoms with Gasteiger partial charge >= 0.3 is 0 Å². The van der Waals surface area contributed by atoms with E-state index in [0.717, 1.165) is 18.6 Å². The van der Waals surface area contributed by atoms with E-state index >= 15 is 0 Å². The van der Waals surface area contributed by atoms with Crippen LogP contribution in [0.15, 0.2) is 12.3 Å². The summed E-state index contributed by atoms with van der Waals surface area (Å²) in [6, 6.07) is 2.36. The Labute approximate surface area is 96.4 Å². The molecule has 15 heavy (non-hydrogen) atoms. The molecule has 0 bridgehead atoms. The fourth-order valence-electron chi connectivity index (χ4n) is 1.38. The van der Waals surface area contributed by atoms with Crippen LogP contribution in [-0.2, 0) is 13.5 Å². The molecule has 1 aromatic heterocycles. The maximum atomic E-state index is 6.04. The monoisotopic (exact) mass is 227 g/mol. The SMILES string of the molecule is CC(C)SCC(N)CCc1ccnn1C. The Morgan fingerprint density at radius 1 is 1.53 bits per heavy atom. The summed E-state index contributed by atoms with van der Waals surface area (Å²) in [6.07, 6.45) is 3.90. The van der Waals surface area contributed by atoms with Gasteiger partial charge in [0, 0.05) is 30.7 Å². The van der Waals surface area contributed by atoms with Gasteiger partial charge in [-0.05, 0) is 24.2 Å². The molecule has 3 nitrogen and oxygen atoms in total. The average molecular weight is 227 g/mol. The quantitative estimate of drug-likeness (QED) is 0.806. The van der Waals surface area contributed by atoms with E-state index in [0.29, 0.717) is 11.3 Å². The number of nitrogens with two attached hydrogens (primary N) is 1. The molecule has 1 unspecified atom stereocenters. The summed E-state index contributed by atoms with van der Waals surface area (Å²) in [4.78, 5) is 0. The van der Waals surface area contributed by atoms with Crippen molar-refractivity contribution >= 4 is 11.8 Å². The minimum absolute atomic E-state index is 0.298. The Kier molecular flexibility index (Phi) is 5.19. The lowest BCUT2D eigenvalue weighted by Crippen LogP contribution is -2.24. The minimum atomic E-state index is 0.298. The molecule has 2 N–H and O–H groups in total. The largest absolute Gasteiger partial charge is 0.327 e. The third-order valence-electron chi connectivity index (χ3n) is 2.34. The second kappa shape index (κ2) is 6.18. The van der Waals surface area contributed by atoms with Crippen LogP contribution in [0.4, 0.5) is 0 Å². The van der Waals surface area contributed by atoms with E-state index in [4.69, 9.17) is 5.73 Å². The lowest BCUT2D eigenvalue weighted by atomic mass is 10.1. The molecule has 0 saturated heterocycles. The highest BCUT2D eigenvalue weighted by atomic mass is 32.2. The van der Waals surface area contributed by atoms with Crippen LogP contribution in [0.1, 0.15) is 26.0 Å². The first-order chi connectivity index (χ1) is 7.09. The van der Waals surface area contributed by atoms with Gasteiger partial charge in [-0.2, -0.15) is 16.9 Å². The molecule has 0 aliphatic heterocycles. The van der Waals surface area contributed by atoms with Crippen molar-refractivity contribution in [3.05, 3.63) is 18.0 Å². The lowest BCUT2D eigenvalue weighted by Gasteiger charge is -2.12. The van der Waals surface area contributed by atoms with Gasteiger partial charge in [-0.3, -0.25) is 4.68 Å². The van der Waals surface area contributed by atoms with Gasteiger partial charge in [-0.1, -0.05) is 13.8 Å². The van der Waals surface area contributed by atoms with E-state index in [-0.39, 0.29) is 0 Å². The molecule has 86 valence electrons. The van der Waals surface area contributed by atoms with Crippen LogP contribution >= 0.6 is 11.8 Å². The third kappa shape index (κ3) is 4.71. The maximum Gasteiger partial charge on any atom is 0.0492 e. The Balaban J connectivity index is 2.22. The van der Waals surface area contributed by atoms with Crippen molar-refractivity contribution in [2.45, 2.75) is 38.0 Å². The molecular weight excluding hydrogens is 206 g/mol. The molecule has 0 radical (unpaired) electrons. The van der Waals surface area contributed by atoms with Crippen LogP contribution in [0.3, 0.4) is 0 Å². The number of thioether (sulfide) groups is 1. The summed E-state index contributed by atoms with van der Waals surface area (Å²) in [6.45, 7) is 4.41. The Morgan fingerprint density at radius 2 is 2.27 bits per heavy atom. The molecule has 0 aliphatic carbocycles. The summed E-state index contributed by atoms with van der Waals surface area (Å²) >= 11 is 1.93. The number of hydrogen-bond acceptors (Lipinski definition) is 3. The number of nitrogens with zero attached hydrogens (tertiary/aromatic N) is 2. The molecule has 1 aromatic rings. The predicted octanol–water partition coefficient (Wildman–Crippen LogP) is 1.82. The molecule has 1 rings (SSSR count). The first kappa shape index (κ1) is 12.6. The maximum absolute atomic E-state index is 6.04. The average Bonchev–Trinajstić information content (AvgIpc) is 2.58. The Hall–Kier alpha value is -0.480. The smallest absolute Gasteiger partial charge is 0.0492 e. The van der Waals surface area contributed by atoms with Crippen molar-refractivity contribution < 1.29 is 0 Å². The summed E-state index contributed by atoms with van der Waals surface area (Å²) < 4.78 is 1.92. The van der Waals surface area contributed by atoms with Crippen LogP contribution < -0.4 is 5.73 Å². The van der Waals surface area contributed by atoms with E-state index in [1.807, 2.05) is 29.7 Å². The van der Waals surface area contributed by atoms with Gasteiger partial charge in [-0.25, -0.2) is 0 Å². The van der Waals surface area contributed by atoms with Gasteiger partial charge in [-0.15, -0.1) is 0 Å². The minimum Gasteiger partial charge on any atom is -0.327 e. The van der Waals surface area contributed by atoms with Crippen LogP contribution in [0.2, 0.25) is 0 Å². The van der Waals surface area contributed by atoms with Gasteiger partial charge < -0.3 is 5.73 Å². The fraction of sp³-hybridized carbons (Fsp3) is 0.727. The zero-order chi connectivity index (χ0) is 11.3. The van der Waals surface area contributed by atoms with Crippen molar-refractivity contribution in [1.29, 1.82) is 0 Å². The van der Waals surface area contributed by atoms with Crippen molar-refractivity contribution in [1.82, 2.24) is 9.78 Å². The Morgan fingerprint density at radius 3 is 2.80 bits per heavy atom. The van der Waals surface area contributed by atoms with Gasteiger partial charge in [0.2, 0.25) is 0 Å². The van der Waals surface area contributed by atoms with E-state index in [9.17, 15) is 0 Å². The molecular formula is C11H21N3S. The van der Waals surface area contributed by atoms with Gasteiger partial charge in [0.15, 0.2) is 0 Å². The topological polar surface area (TPSA) is 43.8 Å². The standard InChI is InChI=1S/C11H21N3S/c1-9(2)15-8-10(12)4-5-11-6-7-13-14(11)3/h6-7,9-10H,4-5,8,12H2,1-3H3. The van der Waals surface area contributed by atoms with E-state index in [1.165, 1.54) is 5.69 Å². The summed E-state index contributed by atoms with van der Waals surface area (Å²) in [5.74, 6) is 1.05. The van der Waals surface area contributed by atoms with Crippen molar-refractivity contribution in [3.8, 4) is 0 Å². The molecule has 0 aromatic carbocycles. The van der Waals surface area contributed by atoms with Crippen LogP contribution in [0, 0.1) is 0 Å². The second-order valence-electron chi connectivity index (χ2n) is 4.13. The molecule has 0 fully saturated rings. The number of aryl methyl sites for hydroxylation is 2. The molecule has 0 spiro atoms. The van der Waals surface area contributed by atoms with Gasteiger partial charge in [0.25, 0.3) is 0 Å². The van der Waals surface area contributed by atoms with E-state index in [1.54, 1.807) is 0 Å². The molecule has 0 saturated carbocycles. The zero-order valence-corrected chi connectivity index (χ0v) is 10.6.